The number of furan rings is 1. The van der Waals surface area contributed by atoms with Crippen LogP contribution in [0.15, 0.2) is 28.7 Å². The van der Waals surface area contributed by atoms with Gasteiger partial charge in [-0.15, -0.1) is 0 Å². The van der Waals surface area contributed by atoms with Gasteiger partial charge in [-0.05, 0) is 55.0 Å². The standard InChI is InChI=1S/C19H29NO/c1-6-11-20-16(7-2)18-13-14-12-15(19(4,5)8-3)9-10-17(14)21-18/h9-10,12-13,16,20H,6-8,11H2,1-5H3. The summed E-state index contributed by atoms with van der Waals surface area (Å²) in [5, 5.41) is 4.78. The van der Waals surface area contributed by atoms with Gasteiger partial charge in [0.25, 0.3) is 0 Å². The van der Waals surface area contributed by atoms with Crippen LogP contribution in [0.5, 0.6) is 0 Å². The third-order valence-electron chi connectivity index (χ3n) is 4.59. The highest BCUT2D eigenvalue weighted by molar-refractivity contribution is 5.79. The molecule has 116 valence electrons. The second-order valence-electron chi connectivity index (χ2n) is 6.55. The number of rotatable bonds is 7. The van der Waals surface area contributed by atoms with E-state index in [9.17, 15) is 0 Å². The van der Waals surface area contributed by atoms with Gasteiger partial charge >= 0.3 is 0 Å². The molecule has 0 aliphatic heterocycles. The van der Waals surface area contributed by atoms with E-state index in [0.29, 0.717) is 6.04 Å². The van der Waals surface area contributed by atoms with Crippen molar-refractivity contribution in [2.75, 3.05) is 6.54 Å². The van der Waals surface area contributed by atoms with Gasteiger partial charge in [0, 0.05) is 5.39 Å². The zero-order chi connectivity index (χ0) is 15.5. The van der Waals surface area contributed by atoms with Gasteiger partial charge in [0.1, 0.15) is 11.3 Å². The molecule has 0 bridgehead atoms. The van der Waals surface area contributed by atoms with Crippen LogP contribution in [0.2, 0.25) is 0 Å². The third-order valence-corrected chi connectivity index (χ3v) is 4.59. The number of hydrogen-bond acceptors (Lipinski definition) is 2. The van der Waals surface area contributed by atoms with Crippen LogP contribution in [0.4, 0.5) is 0 Å². The van der Waals surface area contributed by atoms with E-state index >= 15 is 0 Å². The van der Waals surface area contributed by atoms with Crippen LogP contribution in [0.25, 0.3) is 11.0 Å². The topological polar surface area (TPSA) is 25.2 Å². The summed E-state index contributed by atoms with van der Waals surface area (Å²) in [6.07, 6.45) is 3.33. The van der Waals surface area contributed by atoms with Gasteiger partial charge in [0.15, 0.2) is 0 Å². The van der Waals surface area contributed by atoms with Crippen molar-refractivity contribution in [2.45, 2.75) is 65.3 Å². The Kier molecular flexibility index (Phi) is 5.10. The van der Waals surface area contributed by atoms with Gasteiger partial charge in [0.2, 0.25) is 0 Å². The fraction of sp³-hybridized carbons (Fsp3) is 0.579. The minimum Gasteiger partial charge on any atom is -0.459 e. The Balaban J connectivity index is 2.33. The molecule has 2 nitrogen and oxygen atoms in total. The molecule has 0 amide bonds. The molecule has 1 heterocycles. The molecule has 1 atom stereocenters. The highest BCUT2D eigenvalue weighted by atomic mass is 16.3. The number of fused-ring (bicyclic) bond motifs is 1. The molecule has 0 aliphatic carbocycles. The molecular formula is C19H29NO. The lowest BCUT2D eigenvalue weighted by atomic mass is 9.82. The van der Waals surface area contributed by atoms with E-state index in [-0.39, 0.29) is 5.41 Å². The Labute approximate surface area is 128 Å². The van der Waals surface area contributed by atoms with Crippen LogP contribution >= 0.6 is 0 Å². The van der Waals surface area contributed by atoms with Gasteiger partial charge < -0.3 is 9.73 Å². The maximum absolute atomic E-state index is 6.06. The number of benzene rings is 1. The molecule has 0 fully saturated rings. The molecule has 0 radical (unpaired) electrons. The molecule has 1 aromatic heterocycles. The Morgan fingerprint density at radius 1 is 1.14 bits per heavy atom. The second kappa shape index (κ2) is 6.65. The maximum Gasteiger partial charge on any atom is 0.134 e. The summed E-state index contributed by atoms with van der Waals surface area (Å²) in [5.41, 5.74) is 2.60. The van der Waals surface area contributed by atoms with E-state index in [4.69, 9.17) is 4.42 Å². The van der Waals surface area contributed by atoms with Gasteiger partial charge in [0.05, 0.1) is 6.04 Å². The molecule has 0 spiro atoms. The quantitative estimate of drug-likeness (QED) is 0.720. The molecule has 0 saturated carbocycles. The first-order valence-corrected chi connectivity index (χ1v) is 8.29. The molecule has 21 heavy (non-hydrogen) atoms. The molecule has 0 saturated heterocycles. The van der Waals surface area contributed by atoms with Gasteiger partial charge in [-0.25, -0.2) is 0 Å². The largest absolute Gasteiger partial charge is 0.459 e. The first-order chi connectivity index (χ1) is 10.0. The van der Waals surface area contributed by atoms with E-state index < -0.39 is 0 Å². The highest BCUT2D eigenvalue weighted by Gasteiger charge is 2.20. The highest BCUT2D eigenvalue weighted by Crippen LogP contribution is 2.32. The van der Waals surface area contributed by atoms with Crippen LogP contribution in [-0.2, 0) is 5.41 Å². The smallest absolute Gasteiger partial charge is 0.134 e. The normalized spacial score (nSPS) is 13.8. The second-order valence-corrected chi connectivity index (χ2v) is 6.55. The lowest BCUT2D eigenvalue weighted by molar-refractivity contribution is 0.421. The molecule has 2 heteroatoms. The van der Waals surface area contributed by atoms with Crippen molar-refractivity contribution in [3.63, 3.8) is 0 Å². The minimum atomic E-state index is 0.218. The summed E-state index contributed by atoms with van der Waals surface area (Å²) >= 11 is 0. The monoisotopic (exact) mass is 287 g/mol. The zero-order valence-corrected chi connectivity index (χ0v) is 14.1. The minimum absolute atomic E-state index is 0.218. The van der Waals surface area contributed by atoms with E-state index in [0.717, 1.165) is 37.2 Å². The molecule has 1 unspecified atom stereocenters. The number of nitrogens with one attached hydrogen (secondary N) is 1. The fourth-order valence-corrected chi connectivity index (χ4v) is 2.63. The average Bonchev–Trinajstić information content (AvgIpc) is 2.90. The lowest BCUT2D eigenvalue weighted by Crippen LogP contribution is -2.20. The first kappa shape index (κ1) is 16.1. The molecule has 2 aromatic rings. The zero-order valence-electron chi connectivity index (χ0n) is 14.1. The summed E-state index contributed by atoms with van der Waals surface area (Å²) in [4.78, 5) is 0. The van der Waals surface area contributed by atoms with Gasteiger partial charge in [-0.3, -0.25) is 0 Å². The van der Waals surface area contributed by atoms with Crippen molar-refractivity contribution >= 4 is 11.0 Å². The van der Waals surface area contributed by atoms with Crippen LogP contribution in [0, 0.1) is 0 Å². The van der Waals surface area contributed by atoms with Crippen molar-refractivity contribution in [3.8, 4) is 0 Å². The van der Waals surface area contributed by atoms with Crippen molar-refractivity contribution in [3.05, 3.63) is 35.6 Å². The third kappa shape index (κ3) is 3.49. The van der Waals surface area contributed by atoms with Crippen LogP contribution < -0.4 is 5.32 Å². The predicted octanol–water partition coefficient (Wildman–Crippen LogP) is 5.57. The van der Waals surface area contributed by atoms with E-state index in [2.05, 4.69) is 64.2 Å². The summed E-state index contributed by atoms with van der Waals surface area (Å²) in [6.45, 7) is 12.3. The summed E-state index contributed by atoms with van der Waals surface area (Å²) in [6, 6.07) is 9.15. The Morgan fingerprint density at radius 2 is 1.90 bits per heavy atom. The van der Waals surface area contributed by atoms with Crippen LogP contribution in [0.3, 0.4) is 0 Å². The Hall–Kier alpha value is -1.28. The first-order valence-electron chi connectivity index (χ1n) is 8.29. The molecule has 0 aliphatic rings. The van der Waals surface area contributed by atoms with Gasteiger partial charge in [-0.2, -0.15) is 0 Å². The summed E-state index contributed by atoms with van der Waals surface area (Å²) < 4.78 is 6.06. The van der Waals surface area contributed by atoms with E-state index in [1.807, 2.05) is 0 Å². The molecule has 1 aromatic carbocycles. The summed E-state index contributed by atoms with van der Waals surface area (Å²) in [7, 11) is 0. The van der Waals surface area contributed by atoms with Crippen LogP contribution in [-0.4, -0.2) is 6.54 Å². The average molecular weight is 287 g/mol. The van der Waals surface area contributed by atoms with Crippen molar-refractivity contribution in [2.24, 2.45) is 0 Å². The lowest BCUT2D eigenvalue weighted by Gasteiger charge is -2.23. The van der Waals surface area contributed by atoms with Crippen molar-refractivity contribution in [1.29, 1.82) is 0 Å². The van der Waals surface area contributed by atoms with Crippen molar-refractivity contribution < 1.29 is 4.42 Å². The van der Waals surface area contributed by atoms with E-state index in [1.54, 1.807) is 0 Å². The molecule has 2 rings (SSSR count). The van der Waals surface area contributed by atoms with E-state index in [1.165, 1.54) is 10.9 Å². The van der Waals surface area contributed by atoms with Crippen molar-refractivity contribution in [1.82, 2.24) is 5.32 Å². The molecular weight excluding hydrogens is 258 g/mol. The predicted molar refractivity (Wildman–Crippen MR) is 90.9 cm³/mol. The van der Waals surface area contributed by atoms with Gasteiger partial charge in [-0.1, -0.05) is 40.7 Å². The Morgan fingerprint density at radius 3 is 2.52 bits per heavy atom. The number of hydrogen-bond donors (Lipinski definition) is 1. The Bertz CT molecular complexity index is 582. The summed E-state index contributed by atoms with van der Waals surface area (Å²) in [5.74, 6) is 1.06. The fourth-order valence-electron chi connectivity index (χ4n) is 2.63. The molecule has 1 N–H and O–H groups in total. The maximum atomic E-state index is 6.06. The SMILES string of the molecule is CCCNC(CC)c1cc2cc(C(C)(C)CC)ccc2o1. The van der Waals surface area contributed by atoms with Crippen LogP contribution in [0.1, 0.15) is 71.2 Å².